The van der Waals surface area contributed by atoms with Crippen molar-refractivity contribution in [1.82, 2.24) is 9.55 Å². The summed E-state index contributed by atoms with van der Waals surface area (Å²) in [4.78, 5) is 5.16. The van der Waals surface area contributed by atoms with Gasteiger partial charge in [-0.15, -0.1) is 0 Å². The average Bonchev–Trinajstić information content (AvgIpc) is 3.60. The van der Waals surface area contributed by atoms with E-state index < -0.39 is 0 Å². The Bertz CT molecular complexity index is 3180. The maximum atomic E-state index is 5.16. The van der Waals surface area contributed by atoms with Crippen LogP contribution in [0.5, 0.6) is 0 Å². The fraction of sp³-hybridized carbons (Fsp3) is 0. The molecular formula is C53H34N2. The number of fused-ring (bicyclic) bond motifs is 9. The van der Waals surface area contributed by atoms with Gasteiger partial charge < -0.3 is 4.57 Å². The molecular weight excluding hydrogens is 665 g/mol. The van der Waals surface area contributed by atoms with Gasteiger partial charge in [0, 0.05) is 27.6 Å². The van der Waals surface area contributed by atoms with Gasteiger partial charge in [0.2, 0.25) is 0 Å². The van der Waals surface area contributed by atoms with E-state index in [1.54, 1.807) is 0 Å². The predicted octanol–water partition coefficient (Wildman–Crippen LogP) is 14.3. The molecule has 256 valence electrons. The van der Waals surface area contributed by atoms with Crippen molar-refractivity contribution in [3.05, 3.63) is 206 Å². The van der Waals surface area contributed by atoms with Gasteiger partial charge in [0.15, 0.2) is 0 Å². The minimum atomic E-state index is 0.964. The Labute approximate surface area is 319 Å². The minimum Gasteiger partial charge on any atom is -0.309 e. The van der Waals surface area contributed by atoms with Crippen molar-refractivity contribution in [2.24, 2.45) is 0 Å². The molecule has 0 aliphatic rings. The Balaban J connectivity index is 1.16. The van der Waals surface area contributed by atoms with E-state index in [1.165, 1.54) is 70.8 Å². The highest BCUT2D eigenvalue weighted by atomic mass is 15.0. The van der Waals surface area contributed by atoms with Gasteiger partial charge in [-0.25, -0.2) is 4.98 Å². The number of pyridine rings is 1. The molecule has 0 amide bonds. The second-order valence-corrected chi connectivity index (χ2v) is 14.3. The van der Waals surface area contributed by atoms with E-state index in [1.807, 2.05) is 0 Å². The highest BCUT2D eigenvalue weighted by Crippen LogP contribution is 2.43. The first-order valence-electron chi connectivity index (χ1n) is 18.9. The van der Waals surface area contributed by atoms with Crippen molar-refractivity contribution in [3.8, 4) is 50.5 Å². The molecule has 0 aliphatic carbocycles. The van der Waals surface area contributed by atoms with Crippen molar-refractivity contribution in [2.75, 3.05) is 0 Å². The summed E-state index contributed by atoms with van der Waals surface area (Å²) in [5.41, 5.74) is 12.5. The first-order valence-corrected chi connectivity index (χ1v) is 18.9. The molecule has 0 bridgehead atoms. The third-order valence-corrected chi connectivity index (χ3v) is 11.2. The molecule has 0 aliphatic heterocycles. The van der Waals surface area contributed by atoms with Gasteiger partial charge in [-0.05, 0) is 97.0 Å². The number of benzene rings is 9. The largest absolute Gasteiger partial charge is 0.309 e. The van der Waals surface area contributed by atoms with Crippen LogP contribution in [0, 0.1) is 0 Å². The lowest BCUT2D eigenvalue weighted by atomic mass is 9.88. The van der Waals surface area contributed by atoms with Crippen LogP contribution in [0.1, 0.15) is 0 Å². The normalized spacial score (nSPS) is 11.6. The zero-order valence-electron chi connectivity index (χ0n) is 30.0. The van der Waals surface area contributed by atoms with Crippen LogP contribution in [0.25, 0.3) is 105 Å². The first kappa shape index (κ1) is 31.3. The zero-order chi connectivity index (χ0) is 36.3. The Hall–Kier alpha value is -7.29. The van der Waals surface area contributed by atoms with Gasteiger partial charge >= 0.3 is 0 Å². The second-order valence-electron chi connectivity index (χ2n) is 14.3. The summed E-state index contributed by atoms with van der Waals surface area (Å²) in [6.45, 7) is 0. The summed E-state index contributed by atoms with van der Waals surface area (Å²) in [6.07, 6.45) is 0. The number of hydrogen-bond acceptors (Lipinski definition) is 1. The Morgan fingerprint density at radius 3 is 1.53 bits per heavy atom. The second kappa shape index (κ2) is 12.7. The van der Waals surface area contributed by atoms with E-state index in [0.717, 1.165) is 33.8 Å². The minimum absolute atomic E-state index is 0.964. The van der Waals surface area contributed by atoms with Gasteiger partial charge in [0.05, 0.1) is 22.4 Å². The highest BCUT2D eigenvalue weighted by Gasteiger charge is 2.18. The molecule has 0 spiro atoms. The van der Waals surface area contributed by atoms with Crippen LogP contribution < -0.4 is 0 Å². The maximum absolute atomic E-state index is 5.16. The molecule has 2 heterocycles. The third-order valence-electron chi connectivity index (χ3n) is 11.2. The maximum Gasteiger partial charge on any atom is 0.0715 e. The Morgan fingerprint density at radius 2 is 0.818 bits per heavy atom. The van der Waals surface area contributed by atoms with Crippen LogP contribution in [0.4, 0.5) is 0 Å². The lowest BCUT2D eigenvalue weighted by Crippen LogP contribution is -1.93. The van der Waals surface area contributed by atoms with Gasteiger partial charge in [0.25, 0.3) is 0 Å². The number of rotatable bonds is 5. The van der Waals surface area contributed by atoms with Crippen LogP contribution in [0.15, 0.2) is 206 Å². The number of hydrogen-bond donors (Lipinski definition) is 0. The summed E-state index contributed by atoms with van der Waals surface area (Å²) in [5, 5.41) is 10.1. The molecule has 11 rings (SSSR count). The molecule has 55 heavy (non-hydrogen) atoms. The van der Waals surface area contributed by atoms with E-state index in [4.69, 9.17) is 4.98 Å². The van der Waals surface area contributed by atoms with Crippen molar-refractivity contribution in [2.45, 2.75) is 0 Å². The quantitative estimate of drug-likeness (QED) is 0.164. The average molecular weight is 699 g/mol. The van der Waals surface area contributed by atoms with Crippen LogP contribution >= 0.6 is 0 Å². The molecule has 0 saturated heterocycles. The van der Waals surface area contributed by atoms with Crippen molar-refractivity contribution >= 4 is 54.1 Å². The van der Waals surface area contributed by atoms with E-state index >= 15 is 0 Å². The van der Waals surface area contributed by atoms with Gasteiger partial charge in [-0.1, -0.05) is 164 Å². The fourth-order valence-electron chi connectivity index (χ4n) is 8.63. The number of nitrogens with zero attached hydrogens (tertiary/aromatic N) is 2. The Kier molecular flexibility index (Phi) is 7.21. The predicted molar refractivity (Wildman–Crippen MR) is 233 cm³/mol. The van der Waals surface area contributed by atoms with Gasteiger partial charge in [-0.3, -0.25) is 0 Å². The van der Waals surface area contributed by atoms with E-state index in [0.29, 0.717) is 0 Å². The highest BCUT2D eigenvalue weighted by molar-refractivity contribution is 6.29. The van der Waals surface area contributed by atoms with E-state index in [9.17, 15) is 0 Å². The molecule has 0 N–H and O–H groups in total. The van der Waals surface area contributed by atoms with Crippen LogP contribution in [0.3, 0.4) is 0 Å². The van der Waals surface area contributed by atoms with Crippen molar-refractivity contribution in [1.29, 1.82) is 0 Å². The lowest BCUT2D eigenvalue weighted by molar-refractivity contribution is 1.18. The molecule has 0 saturated carbocycles. The molecule has 9 aromatic carbocycles. The van der Waals surface area contributed by atoms with Crippen LogP contribution in [0.2, 0.25) is 0 Å². The monoisotopic (exact) mass is 698 g/mol. The number of aromatic nitrogens is 2. The standard InChI is InChI=1S/C53H34N2/c1-4-15-35(16-5-1)49-32-39(33-50(54-49)36-17-6-2-7-18-36)37-27-30-47-48(31-37)43-22-11-10-21-42(43)46-25-14-24-41(53(46)47)38-28-29-45-44-23-12-13-26-51(44)55(52(45)34-38)40-19-8-3-9-20-40/h1-34H. The summed E-state index contributed by atoms with van der Waals surface area (Å²) in [6, 6.07) is 74.6. The molecule has 2 aromatic heterocycles. The fourth-order valence-corrected chi connectivity index (χ4v) is 8.63. The molecule has 0 atom stereocenters. The van der Waals surface area contributed by atoms with Crippen LogP contribution in [-0.2, 0) is 0 Å². The molecule has 0 unspecified atom stereocenters. The Morgan fingerprint density at radius 1 is 0.291 bits per heavy atom. The van der Waals surface area contributed by atoms with Gasteiger partial charge in [0.1, 0.15) is 0 Å². The first-order chi connectivity index (χ1) is 27.3. The van der Waals surface area contributed by atoms with Crippen molar-refractivity contribution in [3.63, 3.8) is 0 Å². The van der Waals surface area contributed by atoms with Gasteiger partial charge in [-0.2, -0.15) is 0 Å². The summed E-state index contributed by atoms with van der Waals surface area (Å²) >= 11 is 0. The van der Waals surface area contributed by atoms with Crippen molar-refractivity contribution < 1.29 is 0 Å². The molecule has 11 aromatic rings. The summed E-state index contributed by atoms with van der Waals surface area (Å²) < 4.78 is 2.40. The molecule has 0 radical (unpaired) electrons. The smallest absolute Gasteiger partial charge is 0.0715 e. The van der Waals surface area contributed by atoms with Crippen LogP contribution in [-0.4, -0.2) is 9.55 Å². The molecule has 2 nitrogen and oxygen atoms in total. The van der Waals surface area contributed by atoms with E-state index in [-0.39, 0.29) is 0 Å². The summed E-state index contributed by atoms with van der Waals surface area (Å²) in [7, 11) is 0. The molecule has 0 fully saturated rings. The number of para-hydroxylation sites is 2. The lowest BCUT2D eigenvalue weighted by Gasteiger charge is -2.16. The zero-order valence-corrected chi connectivity index (χ0v) is 30.0. The SMILES string of the molecule is c1ccc(-c2cc(-c3ccc4c(c3)c3ccccc3c3cccc(-c5ccc6c7ccccc7n(-c7ccccc7)c6c5)c34)cc(-c3ccccc3)n2)cc1. The molecule has 2 heteroatoms. The third kappa shape index (κ3) is 5.15. The topological polar surface area (TPSA) is 17.8 Å². The summed E-state index contributed by atoms with van der Waals surface area (Å²) in [5.74, 6) is 0. The van der Waals surface area contributed by atoms with E-state index in [2.05, 4.69) is 211 Å².